The highest BCUT2D eigenvalue weighted by Crippen LogP contribution is 2.25. The Balaban J connectivity index is 1.27. The SMILES string of the molecule is Cc1cc(S(=O)(=O)CCCN2CCN(CC(O)Cn3c(=O)c4c(ncn4C)n(C)c3=O)CC2)cc(C)c1Cl. The lowest BCUT2D eigenvalue weighted by Crippen LogP contribution is -2.50. The number of sulfone groups is 1. The average molecular weight is 567 g/mol. The Morgan fingerprint density at radius 1 is 1.03 bits per heavy atom. The summed E-state index contributed by atoms with van der Waals surface area (Å²) < 4.78 is 29.6. The molecule has 1 atom stereocenters. The van der Waals surface area contributed by atoms with Crippen LogP contribution in [-0.2, 0) is 30.5 Å². The van der Waals surface area contributed by atoms with E-state index in [0.717, 1.165) is 28.8 Å². The molecule has 1 aliphatic heterocycles. The minimum Gasteiger partial charge on any atom is -0.390 e. The summed E-state index contributed by atoms with van der Waals surface area (Å²) in [5.74, 6) is 0.0666. The van der Waals surface area contributed by atoms with Crippen LogP contribution in [0.3, 0.4) is 0 Å². The molecule has 1 unspecified atom stereocenters. The van der Waals surface area contributed by atoms with E-state index in [9.17, 15) is 23.1 Å². The van der Waals surface area contributed by atoms with Gasteiger partial charge >= 0.3 is 5.69 Å². The maximum absolute atomic E-state index is 12.9. The molecule has 0 amide bonds. The normalized spacial score (nSPS) is 16.4. The number of halogens is 1. The summed E-state index contributed by atoms with van der Waals surface area (Å²) in [6.45, 7) is 7.40. The number of imidazole rings is 1. The van der Waals surface area contributed by atoms with Gasteiger partial charge in [-0.05, 0) is 50.1 Å². The summed E-state index contributed by atoms with van der Waals surface area (Å²) >= 11 is 6.18. The van der Waals surface area contributed by atoms with Crippen molar-refractivity contribution >= 4 is 32.6 Å². The molecule has 38 heavy (non-hydrogen) atoms. The van der Waals surface area contributed by atoms with Gasteiger partial charge in [0.25, 0.3) is 5.56 Å². The van der Waals surface area contributed by atoms with E-state index < -0.39 is 27.2 Å². The molecule has 1 aromatic carbocycles. The Morgan fingerprint density at radius 3 is 2.26 bits per heavy atom. The van der Waals surface area contributed by atoms with Crippen molar-refractivity contribution in [1.82, 2.24) is 28.5 Å². The Bertz CT molecular complexity index is 1530. The standard InChI is InChI=1S/C25H35ClN6O5S/c1-17-12-20(13-18(2)21(17)26)38(36,37)11-5-6-30-7-9-31(10-8-30)14-19(33)15-32-24(34)22-23(27-16-28(22)3)29(4)25(32)35/h12-13,16,19,33H,5-11,14-15H2,1-4H3. The topological polar surface area (TPSA) is 123 Å². The van der Waals surface area contributed by atoms with Gasteiger partial charge in [0.15, 0.2) is 21.0 Å². The lowest BCUT2D eigenvalue weighted by molar-refractivity contribution is 0.0632. The largest absolute Gasteiger partial charge is 0.390 e. The molecule has 0 bridgehead atoms. The van der Waals surface area contributed by atoms with Crippen LogP contribution in [0.5, 0.6) is 0 Å². The number of benzene rings is 1. The van der Waals surface area contributed by atoms with E-state index in [-0.39, 0.29) is 12.3 Å². The molecule has 2 aromatic heterocycles. The van der Waals surface area contributed by atoms with Crippen molar-refractivity contribution in [2.45, 2.75) is 37.8 Å². The molecule has 1 saturated heterocycles. The van der Waals surface area contributed by atoms with Crippen molar-refractivity contribution in [2.24, 2.45) is 14.1 Å². The molecule has 1 fully saturated rings. The van der Waals surface area contributed by atoms with Crippen molar-refractivity contribution in [2.75, 3.05) is 45.0 Å². The fourth-order valence-corrected chi connectivity index (χ4v) is 6.57. The van der Waals surface area contributed by atoms with Gasteiger partial charge in [-0.3, -0.25) is 18.8 Å². The van der Waals surface area contributed by atoms with Crippen molar-refractivity contribution in [3.05, 3.63) is 55.4 Å². The third-order valence-corrected chi connectivity index (χ3v) is 9.56. The minimum atomic E-state index is -3.39. The van der Waals surface area contributed by atoms with Crippen LogP contribution >= 0.6 is 11.6 Å². The number of aliphatic hydroxyl groups excluding tert-OH is 1. The van der Waals surface area contributed by atoms with Crippen LogP contribution in [0, 0.1) is 13.8 Å². The number of hydrogen-bond donors (Lipinski definition) is 1. The van der Waals surface area contributed by atoms with Gasteiger partial charge in [-0.15, -0.1) is 0 Å². The highest BCUT2D eigenvalue weighted by atomic mass is 35.5. The Hall–Kier alpha value is -2.51. The van der Waals surface area contributed by atoms with Crippen LogP contribution < -0.4 is 11.2 Å². The number of piperazine rings is 1. The summed E-state index contributed by atoms with van der Waals surface area (Å²) in [5.41, 5.74) is 1.17. The number of aromatic nitrogens is 4. The molecule has 0 spiro atoms. The average Bonchev–Trinajstić information content (AvgIpc) is 3.26. The van der Waals surface area contributed by atoms with Crippen LogP contribution in [0.4, 0.5) is 0 Å². The van der Waals surface area contributed by atoms with E-state index in [1.807, 2.05) is 13.8 Å². The van der Waals surface area contributed by atoms with Crippen LogP contribution in [0.2, 0.25) is 5.02 Å². The highest BCUT2D eigenvalue weighted by Gasteiger charge is 2.23. The maximum atomic E-state index is 12.9. The van der Waals surface area contributed by atoms with Crippen LogP contribution in [0.25, 0.3) is 11.2 Å². The number of aliphatic hydroxyl groups is 1. The van der Waals surface area contributed by atoms with Crippen LogP contribution in [0.15, 0.2) is 32.9 Å². The van der Waals surface area contributed by atoms with Crippen molar-refractivity contribution in [3.8, 4) is 0 Å². The van der Waals surface area contributed by atoms with Crippen molar-refractivity contribution < 1.29 is 13.5 Å². The Labute approximate surface area is 226 Å². The number of hydrogen-bond acceptors (Lipinski definition) is 8. The monoisotopic (exact) mass is 566 g/mol. The van der Waals surface area contributed by atoms with Gasteiger partial charge < -0.3 is 14.6 Å². The summed E-state index contributed by atoms with van der Waals surface area (Å²) in [5, 5.41) is 11.3. The van der Waals surface area contributed by atoms with Gasteiger partial charge in [-0.1, -0.05) is 11.6 Å². The summed E-state index contributed by atoms with van der Waals surface area (Å²) in [6, 6.07) is 3.26. The van der Waals surface area contributed by atoms with E-state index in [1.54, 1.807) is 30.8 Å². The van der Waals surface area contributed by atoms with Gasteiger partial charge in [0.2, 0.25) is 0 Å². The molecule has 0 saturated carbocycles. The number of rotatable bonds is 9. The fraction of sp³-hybridized carbons (Fsp3) is 0.560. The second kappa shape index (κ2) is 11.3. The molecule has 0 radical (unpaired) electrons. The second-order valence-electron chi connectivity index (χ2n) is 10.1. The van der Waals surface area contributed by atoms with Crippen molar-refractivity contribution in [3.63, 3.8) is 0 Å². The third kappa shape index (κ3) is 5.89. The third-order valence-electron chi connectivity index (χ3n) is 7.18. The maximum Gasteiger partial charge on any atom is 0.332 e. The zero-order valence-corrected chi connectivity index (χ0v) is 23.8. The zero-order valence-electron chi connectivity index (χ0n) is 22.2. The number of β-amino-alcohol motifs (C(OH)–C–C–N with tert-alkyl or cyclic N) is 1. The van der Waals surface area contributed by atoms with Crippen LogP contribution in [-0.4, -0.2) is 93.1 Å². The summed E-state index contributed by atoms with van der Waals surface area (Å²) in [7, 11) is -0.143. The first-order valence-electron chi connectivity index (χ1n) is 12.6. The highest BCUT2D eigenvalue weighted by molar-refractivity contribution is 7.91. The first-order valence-corrected chi connectivity index (χ1v) is 14.6. The molecule has 4 rings (SSSR count). The molecule has 1 aliphatic rings. The van der Waals surface area contributed by atoms with Gasteiger partial charge in [-0.2, -0.15) is 0 Å². The second-order valence-corrected chi connectivity index (χ2v) is 12.6. The summed E-state index contributed by atoms with van der Waals surface area (Å²) in [6.07, 6.45) is 1.11. The lowest BCUT2D eigenvalue weighted by atomic mass is 10.2. The van der Waals surface area contributed by atoms with E-state index in [1.165, 1.54) is 10.9 Å². The molecule has 1 N–H and O–H groups in total. The molecular weight excluding hydrogens is 532 g/mol. The number of fused-ring (bicyclic) bond motifs is 1. The van der Waals surface area contributed by atoms with Crippen molar-refractivity contribution in [1.29, 1.82) is 0 Å². The molecule has 13 heteroatoms. The Kier molecular flexibility index (Phi) is 8.48. The summed E-state index contributed by atoms with van der Waals surface area (Å²) in [4.78, 5) is 34.3. The van der Waals surface area contributed by atoms with E-state index in [4.69, 9.17) is 11.6 Å². The first kappa shape index (κ1) is 28.5. The molecule has 0 aliphatic carbocycles. The predicted octanol–water partition coefficient (Wildman–Crippen LogP) is 0.546. The quantitative estimate of drug-likeness (QED) is 0.398. The smallest absolute Gasteiger partial charge is 0.332 e. The van der Waals surface area contributed by atoms with Gasteiger partial charge in [0, 0.05) is 51.8 Å². The molecule has 11 nitrogen and oxygen atoms in total. The zero-order chi connectivity index (χ0) is 27.8. The van der Waals surface area contributed by atoms with Gasteiger partial charge in [-0.25, -0.2) is 18.2 Å². The van der Waals surface area contributed by atoms with Gasteiger partial charge in [0.1, 0.15) is 0 Å². The molecule has 3 aromatic rings. The van der Waals surface area contributed by atoms with E-state index in [0.29, 0.717) is 53.7 Å². The number of aryl methyl sites for hydroxylation is 4. The van der Waals surface area contributed by atoms with E-state index >= 15 is 0 Å². The first-order chi connectivity index (χ1) is 17.9. The minimum absolute atomic E-state index is 0.0666. The van der Waals surface area contributed by atoms with Gasteiger partial charge in [0.05, 0.1) is 29.6 Å². The lowest BCUT2D eigenvalue weighted by Gasteiger charge is -2.35. The fourth-order valence-electron chi connectivity index (χ4n) is 5.00. The molecule has 208 valence electrons. The molecular formula is C25H35ClN6O5S. The van der Waals surface area contributed by atoms with Crippen LogP contribution in [0.1, 0.15) is 17.5 Å². The predicted molar refractivity (Wildman–Crippen MR) is 147 cm³/mol. The van der Waals surface area contributed by atoms with E-state index in [2.05, 4.69) is 14.8 Å². The number of nitrogens with zero attached hydrogens (tertiary/aromatic N) is 6. The molecule has 3 heterocycles. The Morgan fingerprint density at radius 2 is 1.63 bits per heavy atom.